The number of nitrogens with one attached hydrogen (secondary N) is 1. The molecule has 0 amide bonds. The third-order valence-electron chi connectivity index (χ3n) is 6.66. The van der Waals surface area contributed by atoms with Gasteiger partial charge in [-0.3, -0.25) is 4.90 Å². The topological polar surface area (TPSA) is 96.2 Å². The molecule has 5 rings (SSSR count). The maximum atomic E-state index is 14.6. The van der Waals surface area contributed by atoms with Crippen LogP contribution in [-0.2, 0) is 6.42 Å². The van der Waals surface area contributed by atoms with Gasteiger partial charge in [-0.2, -0.15) is 15.2 Å². The van der Waals surface area contributed by atoms with Crippen molar-refractivity contribution in [3.05, 3.63) is 17.2 Å². The van der Waals surface area contributed by atoms with Crippen LogP contribution in [0, 0.1) is 30.0 Å². The van der Waals surface area contributed by atoms with Crippen LogP contribution in [0.4, 0.5) is 8.78 Å². The normalized spacial score (nSPS) is 24.0. The van der Waals surface area contributed by atoms with E-state index in [0.717, 1.165) is 32.4 Å². The SMILES string of the molecule is CC.COc1nc2c3c(nc(C)c(F)c3n1)OCCNCCCC(C#N)C2.FC1CC2CCCN2C1. The number of hydrogen-bond acceptors (Lipinski definition) is 8. The lowest BCUT2D eigenvalue weighted by Crippen LogP contribution is -2.24. The Balaban J connectivity index is 0.000000271. The fourth-order valence-corrected chi connectivity index (χ4v) is 4.93. The zero-order valence-electron chi connectivity index (χ0n) is 21.8. The second-order valence-electron chi connectivity index (χ2n) is 9.09. The van der Waals surface area contributed by atoms with Crippen molar-refractivity contribution in [3.8, 4) is 18.0 Å². The molecule has 10 heteroatoms. The molecule has 2 aromatic rings. The Bertz CT molecular complexity index is 1040. The number of ether oxygens (including phenoxy) is 2. The average Bonchev–Trinajstić information content (AvgIpc) is 3.46. The highest BCUT2D eigenvalue weighted by Gasteiger charge is 2.34. The van der Waals surface area contributed by atoms with Crippen molar-refractivity contribution >= 4 is 10.9 Å². The molecular weight excluding hydrogens is 466 g/mol. The summed E-state index contributed by atoms with van der Waals surface area (Å²) < 4.78 is 38.1. The van der Waals surface area contributed by atoms with Crippen LogP contribution in [-0.4, -0.2) is 72.0 Å². The van der Waals surface area contributed by atoms with Gasteiger partial charge >= 0.3 is 6.01 Å². The third-order valence-corrected chi connectivity index (χ3v) is 6.66. The summed E-state index contributed by atoms with van der Waals surface area (Å²) in [5, 5.41) is 13.1. The van der Waals surface area contributed by atoms with Gasteiger partial charge in [0.15, 0.2) is 5.82 Å². The van der Waals surface area contributed by atoms with Gasteiger partial charge in [-0.15, -0.1) is 0 Å². The standard InChI is InChI=1S/C17H20FN5O2.C7H12FN.C2H6/c1-10-14(18)15-13-12(22-17(23-15)24-2)8-11(9-19)4-3-5-20-6-7-25-16(13)21-10;8-6-4-7-2-1-3-9(7)5-6;1-2/h11,20H,3-8H2,1-2H3;6-7H,1-5H2;1-2H3. The van der Waals surface area contributed by atoms with Crippen molar-refractivity contribution in [2.45, 2.75) is 71.5 Å². The molecule has 0 aromatic carbocycles. The number of alkyl halides is 1. The minimum atomic E-state index is -0.525. The van der Waals surface area contributed by atoms with Crippen molar-refractivity contribution in [2.24, 2.45) is 5.92 Å². The van der Waals surface area contributed by atoms with Crippen LogP contribution in [0.5, 0.6) is 11.9 Å². The number of aryl methyl sites for hydroxylation is 1. The summed E-state index contributed by atoms with van der Waals surface area (Å²) in [6, 6.07) is 2.99. The number of hydrogen-bond donors (Lipinski definition) is 1. The maximum Gasteiger partial charge on any atom is 0.317 e. The Morgan fingerprint density at radius 1 is 1.17 bits per heavy atom. The summed E-state index contributed by atoms with van der Waals surface area (Å²) in [7, 11) is 1.43. The number of methoxy groups -OCH3 is 1. The van der Waals surface area contributed by atoms with E-state index in [9.17, 15) is 14.0 Å². The summed E-state index contributed by atoms with van der Waals surface area (Å²) in [4.78, 5) is 15.0. The predicted octanol–water partition coefficient (Wildman–Crippen LogP) is 4.14. The van der Waals surface area contributed by atoms with Gasteiger partial charge < -0.3 is 14.8 Å². The zero-order chi connectivity index (χ0) is 26.1. The Hall–Kier alpha value is -2.64. The van der Waals surface area contributed by atoms with Crippen LogP contribution >= 0.6 is 0 Å². The van der Waals surface area contributed by atoms with Gasteiger partial charge in [0.25, 0.3) is 0 Å². The average molecular weight is 505 g/mol. The number of pyridine rings is 1. The summed E-state index contributed by atoms with van der Waals surface area (Å²) in [5.41, 5.74) is 0.848. The number of halogens is 2. The molecule has 0 spiro atoms. The van der Waals surface area contributed by atoms with Crippen molar-refractivity contribution in [1.29, 1.82) is 5.26 Å². The Kier molecular flexibility index (Phi) is 10.6. The highest BCUT2D eigenvalue weighted by atomic mass is 19.1. The van der Waals surface area contributed by atoms with E-state index >= 15 is 0 Å². The molecule has 0 aliphatic carbocycles. The van der Waals surface area contributed by atoms with Gasteiger partial charge in [-0.05, 0) is 52.1 Å². The number of aromatic nitrogens is 3. The molecule has 198 valence electrons. The molecule has 3 aliphatic heterocycles. The van der Waals surface area contributed by atoms with Gasteiger partial charge in [0, 0.05) is 25.6 Å². The molecule has 3 atom stereocenters. The fraction of sp³-hybridized carbons (Fsp3) is 0.692. The van der Waals surface area contributed by atoms with Crippen LogP contribution in [0.15, 0.2) is 0 Å². The quantitative estimate of drug-likeness (QED) is 0.619. The first-order chi connectivity index (χ1) is 17.5. The van der Waals surface area contributed by atoms with Gasteiger partial charge in [0.1, 0.15) is 18.3 Å². The monoisotopic (exact) mass is 504 g/mol. The lowest BCUT2D eigenvalue weighted by molar-refractivity contribution is 0.292. The minimum absolute atomic E-state index is 0.0726. The molecular formula is C26H38F2N6O2. The molecule has 5 heterocycles. The lowest BCUT2D eigenvalue weighted by atomic mass is 9.97. The van der Waals surface area contributed by atoms with Crippen LogP contribution in [0.25, 0.3) is 10.9 Å². The van der Waals surface area contributed by atoms with Crippen molar-refractivity contribution < 1.29 is 18.3 Å². The molecule has 0 saturated carbocycles. The Morgan fingerprint density at radius 2 is 1.97 bits per heavy atom. The van der Waals surface area contributed by atoms with E-state index in [1.54, 1.807) is 6.92 Å². The fourth-order valence-electron chi connectivity index (χ4n) is 4.93. The maximum absolute atomic E-state index is 14.6. The smallest absolute Gasteiger partial charge is 0.317 e. The Morgan fingerprint density at radius 3 is 2.69 bits per heavy atom. The Labute approximate surface area is 212 Å². The third kappa shape index (κ3) is 6.77. The van der Waals surface area contributed by atoms with E-state index in [-0.39, 0.29) is 23.1 Å². The van der Waals surface area contributed by atoms with E-state index in [1.165, 1.54) is 20.0 Å². The van der Waals surface area contributed by atoms with Crippen molar-refractivity contribution in [1.82, 2.24) is 25.2 Å². The molecule has 2 fully saturated rings. The molecule has 36 heavy (non-hydrogen) atoms. The summed E-state index contributed by atoms with van der Waals surface area (Å²) in [6.07, 6.45) is 4.78. The molecule has 0 bridgehead atoms. The van der Waals surface area contributed by atoms with E-state index in [4.69, 9.17) is 9.47 Å². The molecule has 2 aromatic heterocycles. The van der Waals surface area contributed by atoms with Crippen LogP contribution in [0.2, 0.25) is 0 Å². The zero-order valence-corrected chi connectivity index (χ0v) is 21.8. The first kappa shape index (κ1) is 27.9. The van der Waals surface area contributed by atoms with E-state index in [0.29, 0.717) is 49.1 Å². The van der Waals surface area contributed by atoms with E-state index in [2.05, 4.69) is 31.2 Å². The first-order valence-corrected chi connectivity index (χ1v) is 13.0. The molecule has 3 unspecified atom stereocenters. The number of fused-ring (bicyclic) bond motifs is 1. The van der Waals surface area contributed by atoms with Gasteiger partial charge in [0.2, 0.25) is 5.88 Å². The van der Waals surface area contributed by atoms with E-state index in [1.807, 2.05) is 13.8 Å². The van der Waals surface area contributed by atoms with Gasteiger partial charge in [0.05, 0.1) is 35.9 Å². The van der Waals surface area contributed by atoms with Gasteiger partial charge in [-0.25, -0.2) is 13.8 Å². The summed E-state index contributed by atoms with van der Waals surface area (Å²) in [6.45, 7) is 9.28. The van der Waals surface area contributed by atoms with Crippen LogP contribution < -0.4 is 14.8 Å². The lowest BCUT2D eigenvalue weighted by Gasteiger charge is -2.17. The highest BCUT2D eigenvalue weighted by Crippen LogP contribution is 2.32. The van der Waals surface area contributed by atoms with E-state index < -0.39 is 12.0 Å². The summed E-state index contributed by atoms with van der Waals surface area (Å²) in [5.74, 6) is -0.463. The van der Waals surface area contributed by atoms with Gasteiger partial charge in [-0.1, -0.05) is 13.8 Å². The number of nitriles is 1. The first-order valence-electron chi connectivity index (χ1n) is 13.0. The predicted molar refractivity (Wildman–Crippen MR) is 134 cm³/mol. The molecule has 0 radical (unpaired) electrons. The summed E-state index contributed by atoms with van der Waals surface area (Å²) >= 11 is 0. The van der Waals surface area contributed by atoms with Crippen LogP contribution in [0.1, 0.15) is 57.3 Å². The van der Waals surface area contributed by atoms with Crippen LogP contribution in [0.3, 0.4) is 0 Å². The molecule has 8 nitrogen and oxygen atoms in total. The molecule has 1 N–H and O–H groups in total. The number of rotatable bonds is 1. The molecule has 3 aliphatic rings. The minimum Gasteiger partial charge on any atom is -0.476 e. The highest BCUT2D eigenvalue weighted by molar-refractivity contribution is 5.87. The van der Waals surface area contributed by atoms with Crippen molar-refractivity contribution in [2.75, 3.05) is 39.9 Å². The second kappa shape index (κ2) is 13.6. The number of nitrogens with zero attached hydrogens (tertiary/aromatic N) is 5. The molecule has 2 saturated heterocycles. The van der Waals surface area contributed by atoms with Crippen molar-refractivity contribution in [3.63, 3.8) is 0 Å². The largest absolute Gasteiger partial charge is 0.476 e. The second-order valence-corrected chi connectivity index (χ2v) is 9.09.